The summed E-state index contributed by atoms with van der Waals surface area (Å²) < 4.78 is 4.55. The Hall–Kier alpha value is -1.88. The van der Waals surface area contributed by atoms with Gasteiger partial charge in [-0.05, 0) is 6.92 Å². The first-order chi connectivity index (χ1) is 6.15. The Morgan fingerprint density at radius 1 is 1.54 bits per heavy atom. The molecule has 5 nitrogen and oxygen atoms in total. The van der Waals surface area contributed by atoms with Crippen LogP contribution in [0, 0.1) is 34.0 Å². The number of rotatable bonds is 4. The molecule has 0 unspecified atom stereocenters. The predicted octanol–water partition coefficient (Wildman–Crippen LogP) is 0.623. The summed E-state index contributed by atoms with van der Waals surface area (Å²) in [5.74, 6) is -1.73. The molecule has 0 aromatic rings. The molecule has 0 fully saturated rings. The van der Waals surface area contributed by atoms with Crippen LogP contribution in [0.3, 0.4) is 0 Å². The van der Waals surface area contributed by atoms with Gasteiger partial charge in [-0.1, -0.05) is 0 Å². The Bertz CT molecular complexity index is 271. The van der Waals surface area contributed by atoms with Crippen molar-refractivity contribution in [3.05, 3.63) is 0 Å². The third-order valence-electron chi connectivity index (χ3n) is 1.25. The minimum atomic E-state index is -1.15. The van der Waals surface area contributed by atoms with Crippen LogP contribution in [0.25, 0.3) is 0 Å². The van der Waals surface area contributed by atoms with Gasteiger partial charge in [0.15, 0.2) is 5.92 Å². The molecule has 0 atom stereocenters. The van der Waals surface area contributed by atoms with Crippen LogP contribution in [0.1, 0.15) is 13.3 Å². The first-order valence-electron chi connectivity index (χ1n) is 3.67. The van der Waals surface area contributed by atoms with Crippen molar-refractivity contribution in [1.82, 2.24) is 0 Å². The van der Waals surface area contributed by atoms with Gasteiger partial charge in [0.25, 0.3) is 0 Å². The number of nitriles is 2. The van der Waals surface area contributed by atoms with Gasteiger partial charge in [-0.25, -0.2) is 0 Å². The fourth-order valence-electron chi connectivity index (χ4n) is 0.654. The molecule has 68 valence electrons. The molecule has 0 aromatic heterocycles. The summed E-state index contributed by atoms with van der Waals surface area (Å²) in [4.78, 5) is 10.8. The third-order valence-corrected chi connectivity index (χ3v) is 1.25. The van der Waals surface area contributed by atoms with Crippen LogP contribution in [0.2, 0.25) is 0 Å². The van der Waals surface area contributed by atoms with E-state index in [1.54, 1.807) is 19.1 Å². The highest BCUT2D eigenvalue weighted by Gasteiger charge is 2.16. The Balaban J connectivity index is 4.10. The molecule has 0 heterocycles. The molecule has 0 radical (unpaired) electrons. The van der Waals surface area contributed by atoms with Crippen molar-refractivity contribution in [3.63, 3.8) is 0 Å². The second-order valence-corrected chi connectivity index (χ2v) is 2.20. The van der Waals surface area contributed by atoms with E-state index in [1.807, 2.05) is 0 Å². The second-order valence-electron chi connectivity index (χ2n) is 2.20. The van der Waals surface area contributed by atoms with E-state index in [4.69, 9.17) is 15.9 Å². The Labute approximate surface area is 76.0 Å². The average molecular weight is 179 g/mol. The predicted molar refractivity (Wildman–Crippen MR) is 43.7 cm³/mol. The molecule has 0 bridgehead atoms. The lowest BCUT2D eigenvalue weighted by Gasteiger charge is -2.02. The van der Waals surface area contributed by atoms with Crippen molar-refractivity contribution >= 4 is 11.7 Å². The lowest BCUT2D eigenvalue weighted by atomic mass is 10.0. The van der Waals surface area contributed by atoms with E-state index >= 15 is 0 Å². The minimum absolute atomic E-state index is 0.219. The maximum Gasteiger partial charge on any atom is 0.311 e. The van der Waals surface area contributed by atoms with E-state index in [0.717, 1.165) is 0 Å². The number of esters is 1. The SMILES string of the molecule is CCOC(=O)CC(=N)C(C#N)C#N. The summed E-state index contributed by atoms with van der Waals surface area (Å²) in [6.07, 6.45) is -0.292. The number of hydrogen-bond acceptors (Lipinski definition) is 5. The summed E-state index contributed by atoms with van der Waals surface area (Å²) in [6, 6.07) is 3.21. The summed E-state index contributed by atoms with van der Waals surface area (Å²) in [6.45, 7) is 1.88. The first kappa shape index (κ1) is 11.1. The summed E-state index contributed by atoms with van der Waals surface area (Å²) in [5, 5.41) is 24.0. The van der Waals surface area contributed by atoms with E-state index in [2.05, 4.69) is 4.74 Å². The number of carbonyl (C=O) groups is 1. The van der Waals surface area contributed by atoms with Crippen molar-refractivity contribution < 1.29 is 9.53 Å². The Kier molecular flexibility index (Phi) is 4.90. The van der Waals surface area contributed by atoms with Crippen molar-refractivity contribution in [2.75, 3.05) is 6.61 Å². The topological polar surface area (TPSA) is 97.7 Å². The summed E-state index contributed by atoms with van der Waals surface area (Å²) in [7, 11) is 0. The standard InChI is InChI=1S/C8H9N3O2/c1-2-13-8(12)3-7(11)6(4-9)5-10/h6,11H,2-3H2,1H3. The summed E-state index contributed by atoms with van der Waals surface area (Å²) in [5.41, 5.74) is -0.219. The van der Waals surface area contributed by atoms with Gasteiger partial charge >= 0.3 is 5.97 Å². The number of hydrogen-bond donors (Lipinski definition) is 1. The number of ether oxygens (including phenoxy) is 1. The van der Waals surface area contributed by atoms with Crippen LogP contribution in [0.15, 0.2) is 0 Å². The quantitative estimate of drug-likeness (QED) is 0.505. The van der Waals surface area contributed by atoms with Crippen molar-refractivity contribution in [2.45, 2.75) is 13.3 Å². The van der Waals surface area contributed by atoms with E-state index in [1.165, 1.54) is 0 Å². The normalized spacial score (nSPS) is 8.62. The van der Waals surface area contributed by atoms with Crippen LogP contribution in [0.4, 0.5) is 0 Å². The monoisotopic (exact) mass is 179 g/mol. The van der Waals surface area contributed by atoms with Crippen molar-refractivity contribution in [2.24, 2.45) is 5.92 Å². The van der Waals surface area contributed by atoms with E-state index in [-0.39, 0.29) is 18.7 Å². The average Bonchev–Trinajstić information content (AvgIpc) is 2.06. The van der Waals surface area contributed by atoms with Gasteiger partial charge in [0.1, 0.15) is 0 Å². The number of carbonyl (C=O) groups excluding carboxylic acids is 1. The molecule has 13 heavy (non-hydrogen) atoms. The Morgan fingerprint density at radius 2 is 2.08 bits per heavy atom. The van der Waals surface area contributed by atoms with Gasteiger partial charge in [-0.15, -0.1) is 0 Å². The molecule has 5 heteroatoms. The smallest absolute Gasteiger partial charge is 0.311 e. The molecule has 1 N–H and O–H groups in total. The van der Waals surface area contributed by atoms with Gasteiger partial charge in [0.05, 0.1) is 30.9 Å². The third kappa shape index (κ3) is 3.88. The maximum absolute atomic E-state index is 10.8. The van der Waals surface area contributed by atoms with Crippen molar-refractivity contribution in [3.8, 4) is 12.1 Å². The molecule has 0 aliphatic rings. The first-order valence-corrected chi connectivity index (χ1v) is 3.67. The van der Waals surface area contributed by atoms with E-state index in [9.17, 15) is 4.79 Å². The minimum Gasteiger partial charge on any atom is -0.466 e. The zero-order valence-electron chi connectivity index (χ0n) is 7.20. The lowest BCUT2D eigenvalue weighted by molar-refractivity contribution is -0.141. The largest absolute Gasteiger partial charge is 0.466 e. The highest BCUT2D eigenvalue weighted by molar-refractivity contribution is 6.00. The lowest BCUT2D eigenvalue weighted by Crippen LogP contribution is -2.16. The molecule has 0 aliphatic carbocycles. The van der Waals surface area contributed by atoms with E-state index in [0.29, 0.717) is 0 Å². The molecular formula is C8H9N3O2. The van der Waals surface area contributed by atoms with Gasteiger partial charge in [-0.2, -0.15) is 10.5 Å². The Morgan fingerprint density at radius 3 is 2.46 bits per heavy atom. The van der Waals surface area contributed by atoms with Crippen LogP contribution in [-0.4, -0.2) is 18.3 Å². The van der Waals surface area contributed by atoms with Crippen molar-refractivity contribution in [1.29, 1.82) is 15.9 Å². The fraction of sp³-hybridized carbons (Fsp3) is 0.500. The van der Waals surface area contributed by atoms with E-state index < -0.39 is 11.9 Å². The van der Waals surface area contributed by atoms with Gasteiger partial charge in [0, 0.05) is 0 Å². The summed E-state index contributed by atoms with van der Waals surface area (Å²) >= 11 is 0. The molecule has 0 spiro atoms. The van der Waals surface area contributed by atoms with Gasteiger partial charge in [0.2, 0.25) is 0 Å². The number of nitrogens with one attached hydrogen (secondary N) is 1. The van der Waals surface area contributed by atoms with Crippen LogP contribution >= 0.6 is 0 Å². The highest BCUT2D eigenvalue weighted by Crippen LogP contribution is 2.00. The fourth-order valence-corrected chi connectivity index (χ4v) is 0.654. The van der Waals surface area contributed by atoms with Gasteiger partial charge < -0.3 is 10.1 Å². The zero-order chi connectivity index (χ0) is 10.3. The molecule has 0 saturated carbocycles. The van der Waals surface area contributed by atoms with Crippen LogP contribution in [-0.2, 0) is 9.53 Å². The molecule has 0 amide bonds. The molecule has 0 aliphatic heterocycles. The molecular weight excluding hydrogens is 170 g/mol. The zero-order valence-corrected chi connectivity index (χ0v) is 7.20. The number of nitrogens with zero attached hydrogens (tertiary/aromatic N) is 2. The van der Waals surface area contributed by atoms with Crippen LogP contribution in [0.5, 0.6) is 0 Å². The molecule has 0 rings (SSSR count). The molecule has 0 aromatic carbocycles. The van der Waals surface area contributed by atoms with Crippen LogP contribution < -0.4 is 0 Å². The van der Waals surface area contributed by atoms with Gasteiger partial charge in [-0.3, -0.25) is 4.79 Å². The maximum atomic E-state index is 10.8. The second kappa shape index (κ2) is 5.73. The highest BCUT2D eigenvalue weighted by atomic mass is 16.5. The molecule has 0 saturated heterocycles.